The van der Waals surface area contributed by atoms with Crippen LogP contribution in [0.4, 0.5) is 0 Å². The Morgan fingerprint density at radius 2 is 1.57 bits per heavy atom. The zero-order valence-corrected chi connectivity index (χ0v) is 16.9. The van der Waals surface area contributed by atoms with Gasteiger partial charge in [-0.25, -0.2) is 4.98 Å². The van der Waals surface area contributed by atoms with Crippen molar-refractivity contribution in [1.82, 2.24) is 9.55 Å². The molecule has 3 aromatic carbocycles. The van der Waals surface area contributed by atoms with Crippen LogP contribution in [0, 0.1) is 0 Å². The van der Waals surface area contributed by atoms with Gasteiger partial charge in [-0.3, -0.25) is 9.36 Å². The molecule has 146 valence electrons. The van der Waals surface area contributed by atoms with Gasteiger partial charge in [0.2, 0.25) is 0 Å². The predicted molar refractivity (Wildman–Crippen MR) is 121 cm³/mol. The highest BCUT2D eigenvalue weighted by molar-refractivity contribution is 7.21. The van der Waals surface area contributed by atoms with Gasteiger partial charge in [0.15, 0.2) is 0 Å². The normalized spacial score (nSPS) is 10.9. The van der Waals surface area contributed by atoms with Crippen LogP contribution in [-0.2, 0) is 6.54 Å². The van der Waals surface area contributed by atoms with Crippen LogP contribution in [0.5, 0.6) is 11.5 Å². The van der Waals surface area contributed by atoms with Gasteiger partial charge < -0.3 is 4.74 Å². The minimum absolute atomic E-state index is 0.0482. The molecule has 0 bridgehead atoms. The molecule has 4 nitrogen and oxygen atoms in total. The number of fused-ring (bicyclic) bond motifs is 1. The van der Waals surface area contributed by atoms with Gasteiger partial charge in [0.05, 0.1) is 18.3 Å². The second-order valence-corrected chi connectivity index (χ2v) is 7.93. The Bertz CT molecular complexity index is 1360. The lowest BCUT2D eigenvalue weighted by Gasteiger charge is -2.12. The summed E-state index contributed by atoms with van der Waals surface area (Å²) in [5.74, 6) is 1.49. The lowest BCUT2D eigenvalue weighted by Crippen LogP contribution is -2.20. The fourth-order valence-electron chi connectivity index (χ4n) is 3.35. The minimum Gasteiger partial charge on any atom is -0.457 e. The molecule has 0 radical (unpaired) electrons. The van der Waals surface area contributed by atoms with Gasteiger partial charge in [0.25, 0.3) is 5.56 Å². The van der Waals surface area contributed by atoms with Crippen molar-refractivity contribution in [2.45, 2.75) is 6.54 Å². The fraction of sp³-hybridized carbons (Fsp3) is 0.0400. The van der Waals surface area contributed by atoms with E-state index in [0.717, 1.165) is 32.3 Å². The Kier molecular flexibility index (Phi) is 4.87. The maximum absolute atomic E-state index is 13.1. The molecule has 5 heteroatoms. The summed E-state index contributed by atoms with van der Waals surface area (Å²) in [4.78, 5) is 19.5. The molecule has 5 aromatic rings. The first-order valence-electron chi connectivity index (χ1n) is 9.63. The van der Waals surface area contributed by atoms with Crippen molar-refractivity contribution in [3.8, 4) is 21.9 Å². The van der Waals surface area contributed by atoms with Crippen LogP contribution in [0.1, 0.15) is 5.56 Å². The molecule has 2 aromatic heterocycles. The van der Waals surface area contributed by atoms with Crippen LogP contribution >= 0.6 is 11.3 Å². The summed E-state index contributed by atoms with van der Waals surface area (Å²) in [6.45, 7) is 0.390. The average Bonchev–Trinajstić information content (AvgIpc) is 3.24. The monoisotopic (exact) mass is 410 g/mol. The van der Waals surface area contributed by atoms with E-state index < -0.39 is 0 Å². The molecule has 0 saturated heterocycles. The first-order chi connectivity index (χ1) is 14.8. The summed E-state index contributed by atoms with van der Waals surface area (Å²) in [6.07, 6.45) is 1.62. The van der Waals surface area contributed by atoms with Gasteiger partial charge in [-0.2, -0.15) is 0 Å². The highest BCUT2D eigenvalue weighted by Gasteiger charge is 2.12. The minimum atomic E-state index is -0.0482. The van der Waals surface area contributed by atoms with Crippen LogP contribution in [0.3, 0.4) is 0 Å². The third-order valence-corrected chi connectivity index (χ3v) is 5.95. The van der Waals surface area contributed by atoms with Gasteiger partial charge in [-0.05, 0) is 29.8 Å². The number of thiophene rings is 1. The standard InChI is InChI=1S/C25H18N2O2S/c28-25-21-15-23(18-9-3-1-4-10-18)30-24(21)26-17-27(25)16-19-11-7-8-14-22(19)29-20-12-5-2-6-13-20/h1-15,17H,16H2. The number of hydrogen-bond acceptors (Lipinski definition) is 4. The van der Waals surface area contributed by atoms with Crippen molar-refractivity contribution < 1.29 is 4.74 Å². The number of rotatable bonds is 5. The van der Waals surface area contributed by atoms with Crippen LogP contribution in [0.2, 0.25) is 0 Å². The quantitative estimate of drug-likeness (QED) is 0.359. The molecule has 0 atom stereocenters. The smallest absolute Gasteiger partial charge is 0.262 e. The van der Waals surface area contributed by atoms with Gasteiger partial charge in [-0.15, -0.1) is 11.3 Å². The maximum atomic E-state index is 13.1. The summed E-state index contributed by atoms with van der Waals surface area (Å²) in [6, 6.07) is 29.4. The Balaban J connectivity index is 1.49. The Hall–Kier alpha value is -3.70. The van der Waals surface area contributed by atoms with E-state index in [1.165, 1.54) is 11.3 Å². The third-order valence-electron chi connectivity index (χ3n) is 4.86. The molecular formula is C25H18N2O2S. The van der Waals surface area contributed by atoms with E-state index in [2.05, 4.69) is 4.98 Å². The topological polar surface area (TPSA) is 44.1 Å². The van der Waals surface area contributed by atoms with E-state index in [0.29, 0.717) is 11.9 Å². The maximum Gasteiger partial charge on any atom is 0.262 e. The van der Waals surface area contributed by atoms with Gasteiger partial charge >= 0.3 is 0 Å². The fourth-order valence-corrected chi connectivity index (χ4v) is 4.35. The molecular weight excluding hydrogens is 392 g/mol. The van der Waals surface area contributed by atoms with Crippen molar-refractivity contribution in [2.24, 2.45) is 0 Å². The van der Waals surface area contributed by atoms with E-state index >= 15 is 0 Å². The van der Waals surface area contributed by atoms with Gasteiger partial charge in [0.1, 0.15) is 16.3 Å². The molecule has 0 N–H and O–H groups in total. The lowest BCUT2D eigenvalue weighted by molar-refractivity contribution is 0.473. The van der Waals surface area contributed by atoms with Crippen molar-refractivity contribution in [2.75, 3.05) is 0 Å². The summed E-state index contributed by atoms with van der Waals surface area (Å²) in [7, 11) is 0. The highest BCUT2D eigenvalue weighted by Crippen LogP contribution is 2.31. The molecule has 0 amide bonds. The average molecular weight is 410 g/mol. The number of nitrogens with zero attached hydrogens (tertiary/aromatic N) is 2. The number of para-hydroxylation sites is 2. The Morgan fingerprint density at radius 1 is 0.867 bits per heavy atom. The number of hydrogen-bond donors (Lipinski definition) is 0. The molecule has 0 fully saturated rings. The number of ether oxygens (including phenoxy) is 1. The van der Waals surface area contributed by atoms with Crippen LogP contribution in [0.25, 0.3) is 20.7 Å². The van der Waals surface area contributed by atoms with Gasteiger partial charge in [-0.1, -0.05) is 66.7 Å². The lowest BCUT2D eigenvalue weighted by atomic mass is 10.2. The second kappa shape index (κ2) is 7.97. The Labute approximate surface area is 177 Å². The van der Waals surface area contributed by atoms with E-state index in [1.54, 1.807) is 10.9 Å². The van der Waals surface area contributed by atoms with Crippen molar-refractivity contribution in [3.63, 3.8) is 0 Å². The summed E-state index contributed by atoms with van der Waals surface area (Å²) >= 11 is 1.54. The van der Waals surface area contributed by atoms with Crippen LogP contribution in [0.15, 0.2) is 102 Å². The van der Waals surface area contributed by atoms with Crippen LogP contribution < -0.4 is 10.3 Å². The van der Waals surface area contributed by atoms with Gasteiger partial charge in [0, 0.05) is 10.4 Å². The first kappa shape index (κ1) is 18.3. The molecule has 0 aliphatic rings. The zero-order chi connectivity index (χ0) is 20.3. The molecule has 0 aliphatic carbocycles. The number of benzene rings is 3. The third kappa shape index (κ3) is 3.63. The van der Waals surface area contributed by atoms with Crippen molar-refractivity contribution in [1.29, 1.82) is 0 Å². The molecule has 5 rings (SSSR count). The molecule has 0 spiro atoms. The molecule has 0 unspecified atom stereocenters. The van der Waals surface area contributed by atoms with E-state index in [-0.39, 0.29) is 5.56 Å². The summed E-state index contributed by atoms with van der Waals surface area (Å²) in [5, 5.41) is 0.641. The molecule has 0 saturated carbocycles. The van der Waals surface area contributed by atoms with E-state index in [1.807, 2.05) is 91.0 Å². The van der Waals surface area contributed by atoms with Crippen molar-refractivity contribution in [3.05, 3.63) is 113 Å². The summed E-state index contributed by atoms with van der Waals surface area (Å²) in [5.41, 5.74) is 1.96. The largest absolute Gasteiger partial charge is 0.457 e. The zero-order valence-electron chi connectivity index (χ0n) is 16.1. The molecule has 2 heterocycles. The first-order valence-corrected chi connectivity index (χ1v) is 10.4. The molecule has 0 aliphatic heterocycles. The van der Waals surface area contributed by atoms with Crippen LogP contribution in [-0.4, -0.2) is 9.55 Å². The predicted octanol–water partition coefficient (Wildman–Crippen LogP) is 5.97. The van der Waals surface area contributed by atoms with E-state index in [4.69, 9.17) is 4.74 Å². The van der Waals surface area contributed by atoms with Crippen molar-refractivity contribution >= 4 is 21.6 Å². The number of aromatic nitrogens is 2. The van der Waals surface area contributed by atoms with E-state index in [9.17, 15) is 4.79 Å². The highest BCUT2D eigenvalue weighted by atomic mass is 32.1. The SMILES string of the molecule is O=c1c2cc(-c3ccccc3)sc2ncn1Cc1ccccc1Oc1ccccc1. The Morgan fingerprint density at radius 3 is 2.37 bits per heavy atom. The molecule has 30 heavy (non-hydrogen) atoms. The second-order valence-electron chi connectivity index (χ2n) is 6.90. The summed E-state index contributed by atoms with van der Waals surface area (Å²) < 4.78 is 7.67.